The Labute approximate surface area is 80.0 Å². The van der Waals surface area contributed by atoms with E-state index in [9.17, 15) is 0 Å². The van der Waals surface area contributed by atoms with Crippen LogP contribution in [0.3, 0.4) is 0 Å². The minimum Gasteiger partial charge on any atom is -0.485 e. The molecule has 4 nitrogen and oxygen atoms in total. The maximum Gasteiger partial charge on any atom is 0.195 e. The molecule has 0 unspecified atom stereocenters. The van der Waals surface area contributed by atoms with E-state index < -0.39 is 0 Å². The van der Waals surface area contributed by atoms with Crippen molar-refractivity contribution in [3.8, 4) is 5.75 Å². The number of nitrogens with zero attached hydrogens (tertiary/aromatic N) is 3. The van der Waals surface area contributed by atoms with E-state index in [1.54, 1.807) is 12.4 Å². The standard InChI is InChI=1S/C10H7N3O/c1-3-12-10-9(14-5-1)6-8-7(13-10)2-4-11-8/h1-4,6H,5H2. The molecule has 1 aromatic heterocycles. The Hall–Kier alpha value is -1.97. The van der Waals surface area contributed by atoms with Crippen molar-refractivity contribution in [1.82, 2.24) is 4.98 Å². The molecule has 0 N–H and O–H groups in total. The van der Waals surface area contributed by atoms with Crippen LogP contribution in [0.5, 0.6) is 5.75 Å². The predicted molar refractivity (Wildman–Crippen MR) is 50.2 cm³/mol. The average molecular weight is 185 g/mol. The Morgan fingerprint density at radius 1 is 1.21 bits per heavy atom. The number of fused-ring (bicyclic) bond motifs is 2. The molecule has 0 saturated heterocycles. The van der Waals surface area contributed by atoms with Crippen LogP contribution in [0.4, 0.5) is 0 Å². The molecule has 1 aromatic rings. The summed E-state index contributed by atoms with van der Waals surface area (Å²) in [5.41, 5.74) is 1.48. The van der Waals surface area contributed by atoms with Gasteiger partial charge in [-0.1, -0.05) is 0 Å². The van der Waals surface area contributed by atoms with Gasteiger partial charge in [-0.2, -0.15) is 0 Å². The van der Waals surface area contributed by atoms with Crippen molar-refractivity contribution in [2.75, 3.05) is 6.61 Å². The van der Waals surface area contributed by atoms with E-state index in [2.05, 4.69) is 15.0 Å². The summed E-state index contributed by atoms with van der Waals surface area (Å²) in [5.74, 6) is 0.696. The molecule has 0 spiro atoms. The molecule has 0 atom stereocenters. The zero-order valence-corrected chi connectivity index (χ0v) is 7.34. The second-order valence-corrected chi connectivity index (χ2v) is 2.98. The van der Waals surface area contributed by atoms with Crippen molar-refractivity contribution in [2.45, 2.75) is 0 Å². The van der Waals surface area contributed by atoms with Crippen molar-refractivity contribution in [2.24, 2.45) is 9.98 Å². The second-order valence-electron chi connectivity index (χ2n) is 2.98. The summed E-state index contributed by atoms with van der Waals surface area (Å²) in [6.07, 6.45) is 7.15. The molecule has 0 fully saturated rings. The number of aromatic nitrogens is 1. The minimum atomic E-state index is 0.532. The van der Waals surface area contributed by atoms with Gasteiger partial charge in [-0.15, -0.1) is 0 Å². The highest BCUT2D eigenvalue weighted by Crippen LogP contribution is 2.04. The van der Waals surface area contributed by atoms with Gasteiger partial charge in [-0.05, 0) is 12.2 Å². The number of pyridine rings is 1. The Morgan fingerprint density at radius 2 is 2.21 bits per heavy atom. The topological polar surface area (TPSA) is 46.8 Å². The van der Waals surface area contributed by atoms with E-state index in [0.717, 1.165) is 11.1 Å². The molecule has 0 aliphatic carbocycles. The highest BCUT2D eigenvalue weighted by molar-refractivity contribution is 5.48. The first-order valence-electron chi connectivity index (χ1n) is 4.34. The largest absolute Gasteiger partial charge is 0.485 e. The van der Waals surface area contributed by atoms with Crippen LogP contribution in [-0.4, -0.2) is 11.6 Å². The van der Waals surface area contributed by atoms with E-state index in [1.807, 2.05) is 18.2 Å². The van der Waals surface area contributed by atoms with Crippen molar-refractivity contribution < 1.29 is 4.74 Å². The van der Waals surface area contributed by atoms with Crippen LogP contribution in [0.1, 0.15) is 5.69 Å². The van der Waals surface area contributed by atoms with Gasteiger partial charge in [0, 0.05) is 18.5 Å². The third-order valence-corrected chi connectivity index (χ3v) is 2.06. The summed E-state index contributed by atoms with van der Waals surface area (Å²) >= 11 is 0. The molecule has 3 heterocycles. The quantitative estimate of drug-likeness (QED) is 0.580. The molecular weight excluding hydrogens is 178 g/mol. The third-order valence-electron chi connectivity index (χ3n) is 2.06. The molecule has 0 bridgehead atoms. The predicted octanol–water partition coefficient (Wildman–Crippen LogP) is 0.211. The first-order valence-corrected chi connectivity index (χ1v) is 4.34. The van der Waals surface area contributed by atoms with Gasteiger partial charge in [-0.3, -0.25) is 4.99 Å². The van der Waals surface area contributed by atoms with E-state index in [1.165, 1.54) is 0 Å². The fourth-order valence-electron chi connectivity index (χ4n) is 1.41. The van der Waals surface area contributed by atoms with Gasteiger partial charge >= 0.3 is 0 Å². The lowest BCUT2D eigenvalue weighted by atomic mass is 10.3. The first-order chi connectivity index (χ1) is 6.93. The van der Waals surface area contributed by atoms with Gasteiger partial charge in [0.25, 0.3) is 0 Å². The highest BCUT2D eigenvalue weighted by atomic mass is 16.5. The molecule has 0 radical (unpaired) electrons. The van der Waals surface area contributed by atoms with Crippen LogP contribution in [0.25, 0.3) is 6.08 Å². The van der Waals surface area contributed by atoms with Gasteiger partial charge < -0.3 is 4.74 Å². The summed E-state index contributed by atoms with van der Waals surface area (Å²) in [6.45, 7) is 0.532. The highest BCUT2D eigenvalue weighted by Gasteiger charge is 2.07. The van der Waals surface area contributed by atoms with Crippen LogP contribution in [0.15, 0.2) is 34.5 Å². The normalized spacial score (nSPS) is 16.0. The fraction of sp³-hybridized carbons (Fsp3) is 0.100. The molecule has 0 aromatic carbocycles. The Morgan fingerprint density at radius 3 is 3.21 bits per heavy atom. The number of rotatable bonds is 0. The van der Waals surface area contributed by atoms with Crippen molar-refractivity contribution in [1.29, 1.82) is 0 Å². The van der Waals surface area contributed by atoms with E-state index in [-0.39, 0.29) is 0 Å². The van der Waals surface area contributed by atoms with E-state index >= 15 is 0 Å². The molecule has 0 amide bonds. The Kier molecular flexibility index (Phi) is 1.47. The van der Waals surface area contributed by atoms with Gasteiger partial charge in [0.15, 0.2) is 11.2 Å². The maximum atomic E-state index is 5.44. The molecule has 2 aliphatic rings. The van der Waals surface area contributed by atoms with Crippen LogP contribution < -0.4 is 15.6 Å². The van der Waals surface area contributed by atoms with Gasteiger partial charge in [0.1, 0.15) is 6.61 Å². The number of hydrogen-bond donors (Lipinski definition) is 0. The zero-order chi connectivity index (χ0) is 9.38. The molecule has 0 saturated carbocycles. The van der Waals surface area contributed by atoms with E-state index in [4.69, 9.17) is 4.74 Å². The molecule has 14 heavy (non-hydrogen) atoms. The Bertz CT molecular complexity index is 557. The van der Waals surface area contributed by atoms with Crippen LogP contribution in [0.2, 0.25) is 0 Å². The number of ether oxygens (including phenoxy) is 1. The lowest BCUT2D eigenvalue weighted by Gasteiger charge is -2.00. The molecule has 68 valence electrons. The number of hydrogen-bond acceptors (Lipinski definition) is 4. The smallest absolute Gasteiger partial charge is 0.195 e. The fourth-order valence-corrected chi connectivity index (χ4v) is 1.41. The molecule has 2 aliphatic heterocycles. The van der Waals surface area contributed by atoms with Crippen LogP contribution in [-0.2, 0) is 0 Å². The summed E-state index contributed by atoms with van der Waals surface area (Å²) in [7, 11) is 0. The summed E-state index contributed by atoms with van der Waals surface area (Å²) in [4.78, 5) is 12.7. The lowest BCUT2D eigenvalue weighted by Crippen LogP contribution is -2.19. The van der Waals surface area contributed by atoms with Crippen molar-refractivity contribution >= 4 is 6.08 Å². The first kappa shape index (κ1) is 7.44. The van der Waals surface area contributed by atoms with E-state index in [0.29, 0.717) is 17.8 Å². The van der Waals surface area contributed by atoms with Crippen molar-refractivity contribution in [3.05, 3.63) is 41.1 Å². The second kappa shape index (κ2) is 2.77. The lowest BCUT2D eigenvalue weighted by molar-refractivity contribution is 0.358. The van der Waals surface area contributed by atoms with Gasteiger partial charge in [-0.25, -0.2) is 9.98 Å². The van der Waals surface area contributed by atoms with Gasteiger partial charge in [0.2, 0.25) is 0 Å². The monoisotopic (exact) mass is 185 g/mol. The maximum absolute atomic E-state index is 5.44. The zero-order valence-electron chi connectivity index (χ0n) is 7.34. The van der Waals surface area contributed by atoms with Crippen molar-refractivity contribution in [3.63, 3.8) is 0 Å². The summed E-state index contributed by atoms with van der Waals surface area (Å²) < 4.78 is 5.44. The molecule has 3 rings (SSSR count). The third kappa shape index (κ3) is 1.04. The molecular formula is C10H7N3O. The summed E-state index contributed by atoms with van der Waals surface area (Å²) in [6, 6.07) is 1.87. The molecule has 4 heteroatoms. The Balaban J connectivity index is 2.34. The van der Waals surface area contributed by atoms with Crippen LogP contribution in [0, 0.1) is 0 Å². The van der Waals surface area contributed by atoms with Gasteiger partial charge in [0.05, 0.1) is 11.1 Å². The summed E-state index contributed by atoms with van der Waals surface area (Å²) in [5, 5.41) is 0.848. The SMILES string of the molecule is C1=CN=c2nc3c(cc2OC1)=NC=C3. The van der Waals surface area contributed by atoms with Crippen LogP contribution >= 0.6 is 0 Å². The minimum absolute atomic E-state index is 0.532. The average Bonchev–Trinajstić information content (AvgIpc) is 2.51.